The van der Waals surface area contributed by atoms with Crippen molar-refractivity contribution in [2.75, 3.05) is 38.6 Å². The van der Waals surface area contributed by atoms with Gasteiger partial charge < -0.3 is 10.1 Å². The predicted molar refractivity (Wildman–Crippen MR) is 63.9 cm³/mol. The van der Waals surface area contributed by atoms with Crippen LogP contribution in [0.2, 0.25) is 0 Å². The van der Waals surface area contributed by atoms with Crippen molar-refractivity contribution in [1.29, 1.82) is 0 Å². The molecule has 1 saturated heterocycles. The molecule has 6 heteroatoms. The summed E-state index contributed by atoms with van der Waals surface area (Å²) in [5, 5.41) is 3.26. The van der Waals surface area contributed by atoms with E-state index in [1.54, 1.807) is 0 Å². The maximum absolute atomic E-state index is 11.5. The summed E-state index contributed by atoms with van der Waals surface area (Å²) in [7, 11) is -3.16. The Labute approximate surface area is 98.0 Å². The monoisotopic (exact) mass is 250 g/mol. The van der Waals surface area contributed by atoms with E-state index in [4.69, 9.17) is 4.74 Å². The third-order valence-electron chi connectivity index (χ3n) is 2.69. The van der Waals surface area contributed by atoms with Crippen LogP contribution in [0.15, 0.2) is 0 Å². The molecular formula is C10H22N2O3S. The molecular weight excluding hydrogens is 228 g/mol. The van der Waals surface area contributed by atoms with Gasteiger partial charge in [0.15, 0.2) is 0 Å². The molecule has 1 atom stereocenters. The Morgan fingerprint density at radius 3 is 2.94 bits per heavy atom. The molecule has 0 saturated carbocycles. The standard InChI is InChI=1S/C10H22N2O3S/c1-2-15-6-7-16(13,14)12-9-10-4-3-5-11-8-10/h10-12H,2-9H2,1H3. The zero-order valence-electron chi connectivity index (χ0n) is 9.87. The van der Waals surface area contributed by atoms with Gasteiger partial charge in [0.05, 0.1) is 12.4 Å². The minimum absolute atomic E-state index is 0.0565. The predicted octanol–water partition coefficient (Wildman–Crippen LogP) is -0.0581. The van der Waals surface area contributed by atoms with Crippen LogP contribution in [-0.4, -0.2) is 47.0 Å². The summed E-state index contributed by atoms with van der Waals surface area (Å²) < 4.78 is 30.7. The average molecular weight is 250 g/mol. The Kier molecular flexibility index (Phi) is 6.26. The summed E-state index contributed by atoms with van der Waals surface area (Å²) in [6.45, 7) is 5.19. The topological polar surface area (TPSA) is 67.4 Å². The van der Waals surface area contributed by atoms with Gasteiger partial charge in [-0.2, -0.15) is 0 Å². The molecule has 16 heavy (non-hydrogen) atoms. The first-order valence-corrected chi connectivity index (χ1v) is 7.55. The number of nitrogens with one attached hydrogen (secondary N) is 2. The van der Waals surface area contributed by atoms with E-state index in [0.29, 0.717) is 19.1 Å². The molecule has 1 rings (SSSR count). The lowest BCUT2D eigenvalue weighted by Crippen LogP contribution is -2.39. The quantitative estimate of drug-likeness (QED) is 0.621. The summed E-state index contributed by atoms with van der Waals surface area (Å²) in [5.41, 5.74) is 0. The van der Waals surface area contributed by atoms with E-state index < -0.39 is 10.0 Å². The summed E-state index contributed by atoms with van der Waals surface area (Å²) in [4.78, 5) is 0. The molecule has 0 amide bonds. The summed E-state index contributed by atoms with van der Waals surface area (Å²) in [6, 6.07) is 0. The molecule has 0 spiro atoms. The SMILES string of the molecule is CCOCCS(=O)(=O)NCC1CCCNC1. The van der Waals surface area contributed by atoms with E-state index in [-0.39, 0.29) is 12.4 Å². The zero-order valence-corrected chi connectivity index (χ0v) is 10.7. The van der Waals surface area contributed by atoms with Crippen molar-refractivity contribution in [2.45, 2.75) is 19.8 Å². The van der Waals surface area contributed by atoms with Gasteiger partial charge in [-0.15, -0.1) is 0 Å². The van der Waals surface area contributed by atoms with Crippen LogP contribution in [0.5, 0.6) is 0 Å². The maximum atomic E-state index is 11.5. The third kappa shape index (κ3) is 5.79. The van der Waals surface area contributed by atoms with Crippen LogP contribution in [0.3, 0.4) is 0 Å². The molecule has 0 bridgehead atoms. The summed E-state index contributed by atoms with van der Waals surface area (Å²) in [5.74, 6) is 0.483. The van der Waals surface area contributed by atoms with Gasteiger partial charge in [0.1, 0.15) is 0 Å². The molecule has 1 heterocycles. The van der Waals surface area contributed by atoms with Gasteiger partial charge in [-0.05, 0) is 38.8 Å². The fraction of sp³-hybridized carbons (Fsp3) is 1.00. The van der Waals surface area contributed by atoms with Gasteiger partial charge in [0, 0.05) is 13.2 Å². The Hall–Kier alpha value is -0.170. The largest absolute Gasteiger partial charge is 0.381 e. The molecule has 1 fully saturated rings. The molecule has 0 aromatic carbocycles. The number of piperidine rings is 1. The normalized spacial score (nSPS) is 22.2. The Morgan fingerprint density at radius 1 is 1.50 bits per heavy atom. The van der Waals surface area contributed by atoms with E-state index in [2.05, 4.69) is 10.0 Å². The second kappa shape index (κ2) is 7.21. The van der Waals surface area contributed by atoms with Crippen molar-refractivity contribution in [2.24, 2.45) is 5.92 Å². The van der Waals surface area contributed by atoms with Crippen LogP contribution >= 0.6 is 0 Å². The maximum Gasteiger partial charge on any atom is 0.213 e. The number of sulfonamides is 1. The molecule has 1 unspecified atom stereocenters. The van der Waals surface area contributed by atoms with Gasteiger partial charge in [-0.25, -0.2) is 13.1 Å². The summed E-state index contributed by atoms with van der Waals surface area (Å²) >= 11 is 0. The first-order chi connectivity index (χ1) is 7.64. The van der Waals surface area contributed by atoms with Crippen LogP contribution in [0.1, 0.15) is 19.8 Å². The highest BCUT2D eigenvalue weighted by atomic mass is 32.2. The van der Waals surface area contributed by atoms with Crippen molar-refractivity contribution in [3.8, 4) is 0 Å². The van der Waals surface area contributed by atoms with Gasteiger partial charge in [-0.1, -0.05) is 0 Å². The fourth-order valence-electron chi connectivity index (χ4n) is 1.73. The highest BCUT2D eigenvalue weighted by Gasteiger charge is 2.16. The molecule has 96 valence electrons. The van der Waals surface area contributed by atoms with Crippen LogP contribution in [-0.2, 0) is 14.8 Å². The van der Waals surface area contributed by atoms with Crippen molar-refractivity contribution in [1.82, 2.24) is 10.0 Å². The Morgan fingerprint density at radius 2 is 2.31 bits per heavy atom. The van der Waals surface area contributed by atoms with E-state index in [1.807, 2.05) is 6.92 Å². The summed E-state index contributed by atoms with van der Waals surface area (Å²) in [6.07, 6.45) is 2.23. The third-order valence-corrected chi connectivity index (χ3v) is 4.00. The van der Waals surface area contributed by atoms with E-state index >= 15 is 0 Å². The molecule has 0 aromatic rings. The van der Waals surface area contributed by atoms with Crippen molar-refractivity contribution >= 4 is 10.0 Å². The van der Waals surface area contributed by atoms with Crippen molar-refractivity contribution < 1.29 is 13.2 Å². The first kappa shape index (κ1) is 13.9. The molecule has 1 aliphatic heterocycles. The lowest BCUT2D eigenvalue weighted by atomic mass is 10.0. The number of ether oxygens (including phenoxy) is 1. The van der Waals surface area contributed by atoms with Gasteiger partial charge >= 0.3 is 0 Å². The van der Waals surface area contributed by atoms with Crippen LogP contribution < -0.4 is 10.0 Å². The molecule has 1 aliphatic rings. The molecule has 5 nitrogen and oxygen atoms in total. The molecule has 0 aliphatic carbocycles. The highest BCUT2D eigenvalue weighted by Crippen LogP contribution is 2.08. The molecule has 0 radical (unpaired) electrons. The lowest BCUT2D eigenvalue weighted by Gasteiger charge is -2.22. The van der Waals surface area contributed by atoms with Gasteiger partial charge in [-0.3, -0.25) is 0 Å². The van der Waals surface area contributed by atoms with Crippen molar-refractivity contribution in [3.05, 3.63) is 0 Å². The number of hydrogen-bond acceptors (Lipinski definition) is 4. The fourth-order valence-corrected chi connectivity index (χ4v) is 2.70. The number of hydrogen-bond donors (Lipinski definition) is 2. The average Bonchev–Trinajstić information content (AvgIpc) is 2.28. The Bertz CT molecular complexity index is 274. The van der Waals surface area contributed by atoms with Crippen LogP contribution in [0.25, 0.3) is 0 Å². The van der Waals surface area contributed by atoms with E-state index in [0.717, 1.165) is 25.9 Å². The lowest BCUT2D eigenvalue weighted by molar-refractivity contribution is 0.163. The smallest absolute Gasteiger partial charge is 0.213 e. The second-order valence-corrected chi connectivity index (χ2v) is 6.00. The number of rotatable bonds is 7. The van der Waals surface area contributed by atoms with E-state index in [9.17, 15) is 8.42 Å². The molecule has 0 aromatic heterocycles. The first-order valence-electron chi connectivity index (χ1n) is 5.90. The molecule has 2 N–H and O–H groups in total. The minimum Gasteiger partial charge on any atom is -0.381 e. The van der Waals surface area contributed by atoms with Crippen LogP contribution in [0, 0.1) is 5.92 Å². The Balaban J connectivity index is 2.18. The zero-order chi connectivity index (χ0) is 11.9. The minimum atomic E-state index is -3.16. The second-order valence-electron chi connectivity index (χ2n) is 4.08. The van der Waals surface area contributed by atoms with Crippen LogP contribution in [0.4, 0.5) is 0 Å². The highest BCUT2D eigenvalue weighted by molar-refractivity contribution is 7.89. The van der Waals surface area contributed by atoms with Gasteiger partial charge in [0.2, 0.25) is 10.0 Å². The van der Waals surface area contributed by atoms with Crippen molar-refractivity contribution in [3.63, 3.8) is 0 Å². The van der Waals surface area contributed by atoms with Gasteiger partial charge in [0.25, 0.3) is 0 Å². The van der Waals surface area contributed by atoms with E-state index in [1.165, 1.54) is 0 Å².